The number of aromatic nitrogens is 3. The number of likely N-dealkylation sites (tertiary alicyclic amines) is 1. The first-order valence-electron chi connectivity index (χ1n) is 7.22. The number of nitrogens with zero attached hydrogens (tertiary/aromatic N) is 4. The second-order valence-electron chi connectivity index (χ2n) is 5.47. The maximum Gasteiger partial charge on any atom is 0.138 e. The molecule has 1 aliphatic heterocycles. The summed E-state index contributed by atoms with van der Waals surface area (Å²) in [6.07, 6.45) is 4.16. The van der Waals surface area contributed by atoms with E-state index in [1.54, 1.807) is 18.1 Å². The van der Waals surface area contributed by atoms with Crippen LogP contribution in [-0.4, -0.2) is 57.2 Å². The normalized spacial score (nSPS) is 22.3. The first kappa shape index (κ1) is 15.4. The van der Waals surface area contributed by atoms with Crippen molar-refractivity contribution in [2.24, 2.45) is 0 Å². The number of methoxy groups -OCH3 is 1. The minimum atomic E-state index is 0.115. The molecule has 3 rings (SSSR count). The molecule has 1 aromatic carbocycles. The molecule has 1 aromatic heterocycles. The molecule has 22 heavy (non-hydrogen) atoms. The Morgan fingerprint density at radius 2 is 2.32 bits per heavy atom. The van der Waals surface area contributed by atoms with Gasteiger partial charge < -0.3 is 9.84 Å². The molecule has 1 saturated heterocycles. The van der Waals surface area contributed by atoms with E-state index in [-0.39, 0.29) is 18.8 Å². The summed E-state index contributed by atoms with van der Waals surface area (Å²) in [7, 11) is 1.71. The zero-order valence-electron chi connectivity index (χ0n) is 12.4. The molecule has 2 aromatic rings. The fourth-order valence-corrected chi connectivity index (χ4v) is 3.09. The lowest BCUT2D eigenvalue weighted by Crippen LogP contribution is -2.32. The third-order valence-corrected chi connectivity index (χ3v) is 4.36. The average Bonchev–Trinajstić information content (AvgIpc) is 3.18. The predicted octanol–water partition coefficient (Wildman–Crippen LogP) is 1.50. The van der Waals surface area contributed by atoms with Gasteiger partial charge in [-0.2, -0.15) is 5.10 Å². The summed E-state index contributed by atoms with van der Waals surface area (Å²) < 4.78 is 7.14. The number of hydrogen-bond acceptors (Lipinski definition) is 5. The summed E-state index contributed by atoms with van der Waals surface area (Å²) in [5.41, 5.74) is 1.99. The zero-order valence-corrected chi connectivity index (χ0v) is 13.1. The predicted molar refractivity (Wildman–Crippen MR) is 83.1 cm³/mol. The highest BCUT2D eigenvalue weighted by Gasteiger charge is 2.31. The molecule has 0 spiro atoms. The van der Waals surface area contributed by atoms with Crippen LogP contribution in [0.2, 0.25) is 5.02 Å². The molecule has 118 valence electrons. The Morgan fingerprint density at radius 3 is 3.00 bits per heavy atom. The topological polar surface area (TPSA) is 63.4 Å². The van der Waals surface area contributed by atoms with Crippen molar-refractivity contribution in [1.82, 2.24) is 19.7 Å². The van der Waals surface area contributed by atoms with E-state index in [0.29, 0.717) is 11.6 Å². The number of aliphatic hydroxyl groups is 1. The number of hydrogen-bond donors (Lipinski definition) is 1. The minimum Gasteiger partial charge on any atom is -0.395 e. The Morgan fingerprint density at radius 1 is 1.45 bits per heavy atom. The molecule has 0 bridgehead atoms. The Hall–Kier alpha value is -1.47. The van der Waals surface area contributed by atoms with Crippen LogP contribution in [0.1, 0.15) is 12.0 Å². The summed E-state index contributed by atoms with van der Waals surface area (Å²) in [6, 6.07) is 5.86. The highest BCUT2D eigenvalue weighted by atomic mass is 35.5. The number of halogens is 1. The summed E-state index contributed by atoms with van der Waals surface area (Å²) in [5, 5.41) is 14.4. The molecule has 7 heteroatoms. The van der Waals surface area contributed by atoms with Crippen LogP contribution in [0.4, 0.5) is 0 Å². The van der Waals surface area contributed by atoms with Crippen molar-refractivity contribution >= 4 is 11.6 Å². The van der Waals surface area contributed by atoms with Crippen LogP contribution in [-0.2, 0) is 11.3 Å². The van der Waals surface area contributed by atoms with Crippen molar-refractivity contribution in [2.75, 3.05) is 20.3 Å². The third-order valence-electron chi connectivity index (χ3n) is 4.12. The summed E-state index contributed by atoms with van der Waals surface area (Å²) in [4.78, 5) is 6.23. The smallest absolute Gasteiger partial charge is 0.138 e. The Kier molecular flexibility index (Phi) is 4.73. The zero-order chi connectivity index (χ0) is 15.5. The highest BCUT2D eigenvalue weighted by molar-refractivity contribution is 6.30. The van der Waals surface area contributed by atoms with E-state index in [4.69, 9.17) is 16.3 Å². The van der Waals surface area contributed by atoms with Gasteiger partial charge in [-0.1, -0.05) is 17.7 Å². The van der Waals surface area contributed by atoms with Gasteiger partial charge in [0.05, 0.1) is 18.4 Å². The van der Waals surface area contributed by atoms with Gasteiger partial charge in [-0.15, -0.1) is 0 Å². The summed E-state index contributed by atoms with van der Waals surface area (Å²) in [6.45, 7) is 1.64. The Balaban J connectivity index is 1.86. The molecule has 1 fully saturated rings. The minimum absolute atomic E-state index is 0.115. The maximum atomic E-state index is 9.58. The first-order chi connectivity index (χ1) is 10.7. The van der Waals surface area contributed by atoms with Gasteiger partial charge in [-0.05, 0) is 24.1 Å². The van der Waals surface area contributed by atoms with E-state index in [1.165, 1.54) is 6.33 Å². The van der Waals surface area contributed by atoms with E-state index < -0.39 is 0 Å². The Labute approximate surface area is 134 Å². The van der Waals surface area contributed by atoms with Gasteiger partial charge in [-0.3, -0.25) is 4.90 Å². The molecule has 1 aliphatic rings. The molecule has 0 unspecified atom stereocenters. The van der Waals surface area contributed by atoms with E-state index in [9.17, 15) is 5.11 Å². The average molecular weight is 323 g/mol. The molecule has 2 atom stereocenters. The molecule has 1 N–H and O–H groups in total. The molecule has 0 saturated carbocycles. The molecular weight excluding hydrogens is 304 g/mol. The fraction of sp³-hybridized carbons (Fsp3) is 0.467. The van der Waals surface area contributed by atoms with Crippen LogP contribution in [0.15, 0.2) is 30.9 Å². The van der Waals surface area contributed by atoms with Gasteiger partial charge in [0.1, 0.15) is 12.7 Å². The first-order valence-corrected chi connectivity index (χ1v) is 7.60. The SMILES string of the molecule is CO[C@H]1C[C@@H](CO)N(Cc2ccc(Cl)cc2-n2cncn2)C1. The maximum absolute atomic E-state index is 9.58. The van der Waals surface area contributed by atoms with Crippen molar-refractivity contribution in [1.29, 1.82) is 0 Å². The van der Waals surface area contributed by atoms with Gasteiger partial charge in [-0.25, -0.2) is 9.67 Å². The number of rotatable bonds is 5. The molecule has 0 radical (unpaired) electrons. The van der Waals surface area contributed by atoms with Crippen LogP contribution in [0.3, 0.4) is 0 Å². The lowest BCUT2D eigenvalue weighted by Gasteiger charge is -2.23. The lowest BCUT2D eigenvalue weighted by molar-refractivity contribution is 0.107. The molecule has 0 aliphatic carbocycles. The Bertz CT molecular complexity index is 620. The molecule has 6 nitrogen and oxygen atoms in total. The molecular formula is C15H19ClN4O2. The van der Waals surface area contributed by atoms with E-state index in [0.717, 1.165) is 24.2 Å². The van der Waals surface area contributed by atoms with Gasteiger partial charge in [0, 0.05) is 31.3 Å². The fourth-order valence-electron chi connectivity index (χ4n) is 2.93. The van der Waals surface area contributed by atoms with Gasteiger partial charge in [0.2, 0.25) is 0 Å². The second-order valence-corrected chi connectivity index (χ2v) is 5.91. The van der Waals surface area contributed by atoms with Crippen LogP contribution in [0.5, 0.6) is 0 Å². The number of ether oxygens (including phenoxy) is 1. The standard InChI is InChI=1S/C15H19ClN4O2/c1-22-14-5-13(8-21)19(7-14)6-11-2-3-12(16)4-15(11)20-10-17-9-18-20/h2-4,9-10,13-14,21H,5-8H2,1H3/t13-,14-/m0/s1. The van der Waals surface area contributed by atoms with Crippen LogP contribution in [0, 0.1) is 0 Å². The summed E-state index contributed by atoms with van der Waals surface area (Å²) >= 11 is 6.12. The molecule has 2 heterocycles. The number of benzene rings is 1. The van der Waals surface area contributed by atoms with Crippen molar-refractivity contribution in [3.05, 3.63) is 41.4 Å². The van der Waals surface area contributed by atoms with Crippen molar-refractivity contribution in [3.8, 4) is 5.69 Å². The monoisotopic (exact) mass is 322 g/mol. The lowest BCUT2D eigenvalue weighted by atomic mass is 10.1. The van der Waals surface area contributed by atoms with Gasteiger partial charge in [0.25, 0.3) is 0 Å². The van der Waals surface area contributed by atoms with E-state index >= 15 is 0 Å². The van der Waals surface area contributed by atoms with Gasteiger partial charge in [0.15, 0.2) is 0 Å². The number of aliphatic hydroxyl groups excluding tert-OH is 1. The third kappa shape index (κ3) is 3.15. The van der Waals surface area contributed by atoms with E-state index in [1.807, 2.05) is 18.2 Å². The quantitative estimate of drug-likeness (QED) is 0.904. The summed E-state index contributed by atoms with van der Waals surface area (Å²) in [5.74, 6) is 0. The largest absolute Gasteiger partial charge is 0.395 e. The van der Waals surface area contributed by atoms with Crippen LogP contribution in [0.25, 0.3) is 5.69 Å². The van der Waals surface area contributed by atoms with Crippen molar-refractivity contribution in [2.45, 2.75) is 25.1 Å². The second kappa shape index (κ2) is 6.75. The van der Waals surface area contributed by atoms with Crippen molar-refractivity contribution < 1.29 is 9.84 Å². The van der Waals surface area contributed by atoms with Crippen LogP contribution >= 0.6 is 11.6 Å². The van der Waals surface area contributed by atoms with E-state index in [2.05, 4.69) is 15.0 Å². The highest BCUT2D eigenvalue weighted by Crippen LogP contribution is 2.26. The molecule has 0 amide bonds. The van der Waals surface area contributed by atoms with Crippen molar-refractivity contribution in [3.63, 3.8) is 0 Å². The van der Waals surface area contributed by atoms with Gasteiger partial charge >= 0.3 is 0 Å². The van der Waals surface area contributed by atoms with Crippen LogP contribution < -0.4 is 0 Å².